The quantitative estimate of drug-likeness (QED) is 0.200. The topological polar surface area (TPSA) is 38.2 Å². The molecule has 0 aliphatic carbocycles. The zero-order valence-electron chi connectivity index (χ0n) is 19.9. The lowest BCUT2D eigenvalue weighted by atomic mass is 10.0. The first-order valence-electron chi connectivity index (χ1n) is 12.5. The molecule has 0 heterocycles. The van der Waals surface area contributed by atoms with Crippen LogP contribution in [0.3, 0.4) is 0 Å². The molecule has 3 N–H and O–H groups in total. The Morgan fingerprint density at radius 3 is 1.22 bits per heavy atom. The molecule has 0 saturated carbocycles. The normalized spacial score (nSPS) is 12.3. The van der Waals surface area contributed by atoms with Crippen LogP contribution in [0.5, 0.6) is 0 Å². The fourth-order valence-corrected chi connectivity index (χ4v) is 3.97. The minimum absolute atomic E-state index is 0. The minimum atomic E-state index is 0. The number of hydrogen-bond donors (Lipinski definition) is 1. The van der Waals surface area contributed by atoms with Crippen LogP contribution in [0.1, 0.15) is 143 Å². The predicted molar refractivity (Wildman–Crippen MR) is 126 cm³/mol. The summed E-state index contributed by atoms with van der Waals surface area (Å²) in [6.07, 6.45) is 25.6. The summed E-state index contributed by atoms with van der Waals surface area (Å²) in [4.78, 5) is 2.83. The van der Waals surface area contributed by atoms with Gasteiger partial charge in [-0.25, -0.2) is 0 Å². The van der Waals surface area contributed by atoms with E-state index in [2.05, 4.69) is 32.6 Å². The van der Waals surface area contributed by atoms with Gasteiger partial charge in [-0.2, -0.15) is 0 Å². The Balaban J connectivity index is 0. The minimum Gasteiger partial charge on any atom is -0.344 e. The van der Waals surface area contributed by atoms with Gasteiger partial charge in [-0.1, -0.05) is 117 Å². The van der Waals surface area contributed by atoms with E-state index >= 15 is 0 Å². The van der Waals surface area contributed by atoms with E-state index in [0.29, 0.717) is 0 Å². The second kappa shape index (κ2) is 24.0. The summed E-state index contributed by atoms with van der Waals surface area (Å²) in [5, 5.41) is 0. The van der Waals surface area contributed by atoms with E-state index in [1.165, 1.54) is 129 Å². The van der Waals surface area contributed by atoms with Crippen molar-refractivity contribution in [2.45, 2.75) is 149 Å². The van der Waals surface area contributed by atoms with E-state index in [1.54, 1.807) is 0 Å². The van der Waals surface area contributed by atoms with Gasteiger partial charge in [-0.3, -0.25) is 0 Å². The Hall–Kier alpha value is -0.0800. The molecule has 0 aromatic carbocycles. The van der Waals surface area contributed by atoms with Gasteiger partial charge in [-0.05, 0) is 39.3 Å². The predicted octanol–water partition coefficient (Wildman–Crippen LogP) is 8.92. The molecule has 0 aromatic rings. The monoisotopic (exact) mass is 384 g/mol. The summed E-state index contributed by atoms with van der Waals surface area (Å²) >= 11 is 0. The maximum atomic E-state index is 2.83. The lowest BCUT2D eigenvalue weighted by Crippen LogP contribution is -2.35. The van der Waals surface area contributed by atoms with Gasteiger partial charge in [0.05, 0.1) is 0 Å². The Morgan fingerprint density at radius 2 is 0.815 bits per heavy atom. The molecule has 2 nitrogen and oxygen atoms in total. The molecule has 0 saturated heterocycles. The van der Waals surface area contributed by atoms with Gasteiger partial charge in [0, 0.05) is 6.04 Å². The molecule has 0 amide bonds. The molecule has 0 aliphatic rings. The first kappa shape index (κ1) is 29.1. The van der Waals surface area contributed by atoms with E-state index in [1.807, 2.05) is 0 Å². The van der Waals surface area contributed by atoms with Crippen molar-refractivity contribution in [3.05, 3.63) is 0 Å². The second-order valence-electron chi connectivity index (χ2n) is 8.62. The average molecular weight is 385 g/mol. The third kappa shape index (κ3) is 20.5. The van der Waals surface area contributed by atoms with Crippen LogP contribution in [0.2, 0.25) is 0 Å². The first-order chi connectivity index (χ1) is 12.8. The second-order valence-corrected chi connectivity index (χ2v) is 8.62. The fourth-order valence-electron chi connectivity index (χ4n) is 3.97. The van der Waals surface area contributed by atoms with E-state index in [4.69, 9.17) is 0 Å². The van der Waals surface area contributed by atoms with Crippen LogP contribution in [0.25, 0.3) is 0 Å². The fraction of sp³-hybridized carbons (Fsp3) is 1.00. The lowest BCUT2D eigenvalue weighted by Gasteiger charge is -2.29. The van der Waals surface area contributed by atoms with Gasteiger partial charge >= 0.3 is 0 Å². The van der Waals surface area contributed by atoms with Crippen molar-refractivity contribution in [3.8, 4) is 0 Å². The highest BCUT2D eigenvalue weighted by molar-refractivity contribution is 4.68. The summed E-state index contributed by atoms with van der Waals surface area (Å²) in [6, 6.07) is 0.794. The Labute approximate surface area is 173 Å². The molecule has 0 radical (unpaired) electrons. The molecule has 1 unspecified atom stereocenters. The SMILES string of the molecule is CCCCCCCCN(CCCCCCCC)C(C)CCCCCCC.N. The molecule has 0 aliphatic heterocycles. The van der Waals surface area contributed by atoms with Crippen LogP contribution in [-0.2, 0) is 0 Å². The zero-order valence-corrected chi connectivity index (χ0v) is 19.9. The van der Waals surface area contributed by atoms with Gasteiger partial charge in [0.25, 0.3) is 0 Å². The maximum Gasteiger partial charge on any atom is 0.00669 e. The van der Waals surface area contributed by atoms with Crippen LogP contribution in [-0.4, -0.2) is 24.0 Å². The van der Waals surface area contributed by atoms with Crippen molar-refractivity contribution in [3.63, 3.8) is 0 Å². The molecule has 27 heavy (non-hydrogen) atoms. The highest BCUT2D eigenvalue weighted by Gasteiger charge is 2.12. The van der Waals surface area contributed by atoms with Crippen molar-refractivity contribution in [1.82, 2.24) is 11.1 Å². The standard InChI is InChI=1S/C25H53N.H3N/c1-5-8-11-14-17-20-23-26(24-21-18-15-12-9-6-2)25(4)22-19-16-13-10-7-3;/h25H,5-24H2,1-4H3;1H3. The average Bonchev–Trinajstić information content (AvgIpc) is 2.65. The summed E-state index contributed by atoms with van der Waals surface area (Å²) in [7, 11) is 0. The molecule has 0 rings (SSSR count). The Kier molecular flexibility index (Phi) is 25.8. The molecule has 2 heteroatoms. The molecule has 0 bridgehead atoms. The summed E-state index contributed by atoms with van der Waals surface area (Å²) in [5.41, 5.74) is 0. The molecule has 1 atom stereocenters. The summed E-state index contributed by atoms with van der Waals surface area (Å²) in [5.74, 6) is 0. The molecule has 166 valence electrons. The molecule has 0 aromatic heterocycles. The summed E-state index contributed by atoms with van der Waals surface area (Å²) in [6.45, 7) is 12.1. The largest absolute Gasteiger partial charge is 0.344 e. The van der Waals surface area contributed by atoms with Crippen LogP contribution in [0, 0.1) is 0 Å². The van der Waals surface area contributed by atoms with Gasteiger partial charge in [0.2, 0.25) is 0 Å². The molecule has 0 fully saturated rings. The Morgan fingerprint density at radius 1 is 0.481 bits per heavy atom. The van der Waals surface area contributed by atoms with E-state index in [9.17, 15) is 0 Å². The highest BCUT2D eigenvalue weighted by atomic mass is 15.1. The van der Waals surface area contributed by atoms with Gasteiger partial charge in [-0.15, -0.1) is 0 Å². The van der Waals surface area contributed by atoms with Crippen molar-refractivity contribution < 1.29 is 0 Å². The van der Waals surface area contributed by atoms with Crippen LogP contribution < -0.4 is 6.15 Å². The molecular weight excluding hydrogens is 328 g/mol. The lowest BCUT2D eigenvalue weighted by molar-refractivity contribution is 0.187. The zero-order chi connectivity index (χ0) is 19.3. The van der Waals surface area contributed by atoms with E-state index in [-0.39, 0.29) is 6.15 Å². The number of unbranched alkanes of at least 4 members (excludes halogenated alkanes) is 14. The Bertz CT molecular complexity index is 239. The van der Waals surface area contributed by atoms with Crippen molar-refractivity contribution >= 4 is 0 Å². The van der Waals surface area contributed by atoms with Gasteiger partial charge in [0.1, 0.15) is 0 Å². The number of rotatable bonds is 21. The number of nitrogens with zero attached hydrogens (tertiary/aromatic N) is 1. The van der Waals surface area contributed by atoms with Crippen LogP contribution in [0.15, 0.2) is 0 Å². The molecular formula is C25H56N2. The van der Waals surface area contributed by atoms with E-state index in [0.717, 1.165) is 6.04 Å². The van der Waals surface area contributed by atoms with Gasteiger partial charge < -0.3 is 11.1 Å². The third-order valence-corrected chi connectivity index (χ3v) is 5.95. The van der Waals surface area contributed by atoms with Crippen molar-refractivity contribution in [2.75, 3.05) is 13.1 Å². The number of hydrogen-bond acceptors (Lipinski definition) is 2. The van der Waals surface area contributed by atoms with Crippen molar-refractivity contribution in [2.24, 2.45) is 0 Å². The van der Waals surface area contributed by atoms with Crippen molar-refractivity contribution in [1.29, 1.82) is 0 Å². The van der Waals surface area contributed by atoms with Crippen LogP contribution in [0.4, 0.5) is 0 Å². The van der Waals surface area contributed by atoms with Gasteiger partial charge in [0.15, 0.2) is 0 Å². The van der Waals surface area contributed by atoms with Crippen LogP contribution >= 0.6 is 0 Å². The highest BCUT2D eigenvalue weighted by Crippen LogP contribution is 2.15. The molecule has 0 spiro atoms. The maximum absolute atomic E-state index is 2.83. The first-order valence-corrected chi connectivity index (χ1v) is 12.5. The smallest absolute Gasteiger partial charge is 0.00669 e. The third-order valence-electron chi connectivity index (χ3n) is 5.95. The summed E-state index contributed by atoms with van der Waals surface area (Å²) < 4.78 is 0. The van der Waals surface area contributed by atoms with E-state index < -0.39 is 0 Å².